The summed E-state index contributed by atoms with van der Waals surface area (Å²) in [7, 11) is 0. The van der Waals surface area contributed by atoms with Crippen LogP contribution in [0.3, 0.4) is 0 Å². The lowest BCUT2D eigenvalue weighted by atomic mass is 10.0. The number of aromatic nitrogens is 2. The minimum absolute atomic E-state index is 0.0231. The summed E-state index contributed by atoms with van der Waals surface area (Å²) in [6.07, 6.45) is 3.16. The Bertz CT molecular complexity index is 419. The Labute approximate surface area is 88.4 Å². The first-order valence-corrected chi connectivity index (χ1v) is 5.04. The molecule has 15 heavy (non-hydrogen) atoms. The van der Waals surface area contributed by atoms with E-state index in [0.29, 0.717) is 12.2 Å². The number of pyridine rings is 1. The van der Waals surface area contributed by atoms with Crippen molar-refractivity contribution in [3.05, 3.63) is 36.3 Å². The van der Waals surface area contributed by atoms with E-state index in [1.807, 2.05) is 41.9 Å². The molecule has 0 aliphatic heterocycles. The van der Waals surface area contributed by atoms with E-state index in [1.54, 1.807) is 0 Å². The first kappa shape index (κ1) is 10.1. The lowest BCUT2D eigenvalue weighted by Gasteiger charge is -2.13. The molecule has 0 radical (unpaired) electrons. The van der Waals surface area contributed by atoms with Gasteiger partial charge in [0, 0.05) is 18.3 Å². The van der Waals surface area contributed by atoms with E-state index in [0.717, 1.165) is 5.65 Å². The van der Waals surface area contributed by atoms with Gasteiger partial charge >= 0.3 is 0 Å². The Morgan fingerprint density at radius 1 is 1.53 bits per heavy atom. The maximum Gasteiger partial charge on any atom is 0.137 e. The molecule has 4 heteroatoms. The van der Waals surface area contributed by atoms with Gasteiger partial charge in [-0.15, -0.1) is 0 Å². The summed E-state index contributed by atoms with van der Waals surface area (Å²) in [5.74, 6) is 0.0231. The third-order valence-corrected chi connectivity index (χ3v) is 2.60. The second-order valence-electron chi connectivity index (χ2n) is 3.79. The molecule has 0 saturated carbocycles. The van der Waals surface area contributed by atoms with Crippen molar-refractivity contribution >= 4 is 5.65 Å². The van der Waals surface area contributed by atoms with Crippen molar-refractivity contribution in [1.82, 2.24) is 9.38 Å². The van der Waals surface area contributed by atoms with Crippen LogP contribution in [0.2, 0.25) is 0 Å². The van der Waals surface area contributed by atoms with Crippen LogP contribution < -0.4 is 5.73 Å². The highest BCUT2D eigenvalue weighted by Gasteiger charge is 2.17. The third-order valence-electron chi connectivity index (χ3n) is 2.60. The molecule has 80 valence electrons. The molecule has 0 aromatic carbocycles. The zero-order valence-electron chi connectivity index (χ0n) is 8.67. The maximum absolute atomic E-state index is 9.93. The fourth-order valence-corrected chi connectivity index (χ4v) is 1.52. The molecule has 0 aliphatic rings. The van der Waals surface area contributed by atoms with Crippen LogP contribution in [-0.4, -0.2) is 21.0 Å². The number of nitrogens with zero attached hydrogens (tertiary/aromatic N) is 2. The predicted octanol–water partition coefficient (Wildman–Crippen LogP) is 0.963. The predicted molar refractivity (Wildman–Crippen MR) is 58.4 cm³/mol. The minimum Gasteiger partial charge on any atom is -0.386 e. The molecule has 2 aromatic rings. The SMILES string of the molecule is CC(CN)C(O)c1cn2ccccc2n1. The molecule has 0 fully saturated rings. The molecular weight excluding hydrogens is 190 g/mol. The second kappa shape index (κ2) is 4.00. The van der Waals surface area contributed by atoms with Crippen molar-refractivity contribution in [2.45, 2.75) is 13.0 Å². The molecule has 2 atom stereocenters. The molecule has 0 bridgehead atoms. The van der Waals surface area contributed by atoms with E-state index in [4.69, 9.17) is 5.73 Å². The Morgan fingerprint density at radius 2 is 2.33 bits per heavy atom. The first-order chi connectivity index (χ1) is 7.22. The van der Waals surface area contributed by atoms with E-state index >= 15 is 0 Å². The van der Waals surface area contributed by atoms with E-state index < -0.39 is 6.10 Å². The maximum atomic E-state index is 9.93. The number of hydrogen-bond acceptors (Lipinski definition) is 3. The zero-order valence-corrected chi connectivity index (χ0v) is 8.67. The highest BCUT2D eigenvalue weighted by molar-refractivity contribution is 5.39. The largest absolute Gasteiger partial charge is 0.386 e. The molecular formula is C11H15N3O. The molecule has 4 nitrogen and oxygen atoms in total. The normalized spacial score (nSPS) is 15.4. The number of fused-ring (bicyclic) bond motifs is 1. The van der Waals surface area contributed by atoms with E-state index in [2.05, 4.69) is 4.98 Å². The summed E-state index contributed by atoms with van der Waals surface area (Å²) in [6.45, 7) is 2.36. The van der Waals surface area contributed by atoms with Crippen molar-refractivity contribution in [1.29, 1.82) is 0 Å². The van der Waals surface area contributed by atoms with E-state index in [1.165, 1.54) is 0 Å². The third kappa shape index (κ3) is 1.86. The summed E-state index contributed by atoms with van der Waals surface area (Å²) in [5, 5.41) is 9.93. The zero-order chi connectivity index (χ0) is 10.8. The molecule has 0 amide bonds. The van der Waals surface area contributed by atoms with Gasteiger partial charge in [-0.2, -0.15) is 0 Å². The number of hydrogen-bond donors (Lipinski definition) is 2. The van der Waals surface area contributed by atoms with Crippen LogP contribution in [0.15, 0.2) is 30.6 Å². The minimum atomic E-state index is -0.588. The number of imidazole rings is 1. The van der Waals surface area contributed by atoms with Crippen molar-refractivity contribution in [3.63, 3.8) is 0 Å². The van der Waals surface area contributed by atoms with E-state index in [9.17, 15) is 5.11 Å². The fraction of sp³-hybridized carbons (Fsp3) is 0.364. The first-order valence-electron chi connectivity index (χ1n) is 5.04. The molecule has 2 heterocycles. The van der Waals surface area contributed by atoms with Gasteiger partial charge in [-0.05, 0) is 18.7 Å². The summed E-state index contributed by atoms with van der Waals surface area (Å²) in [6, 6.07) is 5.76. The van der Waals surface area contributed by atoms with Crippen molar-refractivity contribution in [2.24, 2.45) is 11.7 Å². The van der Waals surface area contributed by atoms with Gasteiger partial charge in [0.25, 0.3) is 0 Å². The van der Waals surface area contributed by atoms with Crippen LogP contribution in [0.25, 0.3) is 5.65 Å². The average Bonchev–Trinajstić information content (AvgIpc) is 2.70. The fourth-order valence-electron chi connectivity index (χ4n) is 1.52. The highest BCUT2D eigenvalue weighted by atomic mass is 16.3. The Kier molecular flexibility index (Phi) is 2.70. The molecule has 3 N–H and O–H groups in total. The average molecular weight is 205 g/mol. The van der Waals surface area contributed by atoms with Crippen molar-refractivity contribution in [3.8, 4) is 0 Å². The lowest BCUT2D eigenvalue weighted by molar-refractivity contribution is 0.118. The smallest absolute Gasteiger partial charge is 0.137 e. The van der Waals surface area contributed by atoms with Gasteiger partial charge in [-0.3, -0.25) is 0 Å². The molecule has 2 rings (SSSR count). The van der Waals surface area contributed by atoms with Crippen molar-refractivity contribution < 1.29 is 5.11 Å². The van der Waals surface area contributed by atoms with Gasteiger partial charge in [0.2, 0.25) is 0 Å². The monoisotopic (exact) mass is 205 g/mol. The molecule has 2 unspecified atom stereocenters. The van der Waals surface area contributed by atoms with Gasteiger partial charge < -0.3 is 15.2 Å². The van der Waals surface area contributed by atoms with Crippen LogP contribution in [0, 0.1) is 5.92 Å². The number of nitrogens with two attached hydrogens (primary N) is 1. The van der Waals surface area contributed by atoms with Crippen molar-refractivity contribution in [2.75, 3.05) is 6.54 Å². The van der Waals surface area contributed by atoms with Gasteiger partial charge in [-0.1, -0.05) is 13.0 Å². The second-order valence-corrected chi connectivity index (χ2v) is 3.79. The van der Waals surface area contributed by atoms with E-state index in [-0.39, 0.29) is 5.92 Å². The standard InChI is InChI=1S/C11H15N3O/c1-8(6-12)11(15)9-7-14-5-3-2-4-10(14)13-9/h2-5,7-8,11,15H,6,12H2,1H3. The highest BCUT2D eigenvalue weighted by Crippen LogP contribution is 2.20. The van der Waals surface area contributed by atoms with Crippen LogP contribution >= 0.6 is 0 Å². The van der Waals surface area contributed by atoms with Gasteiger partial charge in [-0.25, -0.2) is 4.98 Å². The summed E-state index contributed by atoms with van der Waals surface area (Å²) in [4.78, 5) is 4.34. The number of rotatable bonds is 3. The Balaban J connectivity index is 2.36. The van der Waals surface area contributed by atoms with Gasteiger partial charge in [0.1, 0.15) is 11.8 Å². The molecule has 2 aromatic heterocycles. The Morgan fingerprint density at radius 3 is 3.00 bits per heavy atom. The van der Waals surface area contributed by atoms with Crippen LogP contribution in [0.1, 0.15) is 18.7 Å². The topological polar surface area (TPSA) is 63.5 Å². The molecule has 0 spiro atoms. The molecule has 0 saturated heterocycles. The summed E-state index contributed by atoms with van der Waals surface area (Å²) < 4.78 is 1.89. The Hall–Kier alpha value is -1.39. The summed E-state index contributed by atoms with van der Waals surface area (Å²) >= 11 is 0. The number of aliphatic hydroxyl groups is 1. The lowest BCUT2D eigenvalue weighted by Crippen LogP contribution is -2.19. The van der Waals surface area contributed by atoms with Crippen LogP contribution in [0.4, 0.5) is 0 Å². The van der Waals surface area contributed by atoms with Crippen LogP contribution in [-0.2, 0) is 0 Å². The van der Waals surface area contributed by atoms with Gasteiger partial charge in [0.15, 0.2) is 0 Å². The molecule has 0 aliphatic carbocycles. The van der Waals surface area contributed by atoms with Gasteiger partial charge in [0.05, 0.1) is 5.69 Å². The number of aliphatic hydroxyl groups excluding tert-OH is 1. The quantitative estimate of drug-likeness (QED) is 0.784. The van der Waals surface area contributed by atoms with Crippen LogP contribution in [0.5, 0.6) is 0 Å². The summed E-state index contributed by atoms with van der Waals surface area (Å²) in [5.41, 5.74) is 7.03.